The summed E-state index contributed by atoms with van der Waals surface area (Å²) in [5.74, 6) is 1.72. The SMILES string of the molecule is Cc1n[nH]c([C@H]2CCO[C@H]2CN(C)C(=O)c2sc(C)nc2C)n1. The lowest BCUT2D eigenvalue weighted by molar-refractivity contribution is 0.0553. The van der Waals surface area contributed by atoms with Crippen LogP contribution in [0.2, 0.25) is 0 Å². The average molecular weight is 335 g/mol. The van der Waals surface area contributed by atoms with Crippen molar-refractivity contribution in [2.24, 2.45) is 0 Å². The minimum Gasteiger partial charge on any atom is -0.376 e. The summed E-state index contributed by atoms with van der Waals surface area (Å²) in [6.45, 7) is 6.85. The van der Waals surface area contributed by atoms with Gasteiger partial charge in [-0.3, -0.25) is 9.89 Å². The first-order chi connectivity index (χ1) is 11.0. The highest BCUT2D eigenvalue weighted by molar-refractivity contribution is 7.13. The van der Waals surface area contributed by atoms with Crippen LogP contribution in [0.4, 0.5) is 0 Å². The van der Waals surface area contributed by atoms with Crippen LogP contribution in [0.1, 0.15) is 44.4 Å². The molecule has 2 atom stereocenters. The van der Waals surface area contributed by atoms with Gasteiger partial charge < -0.3 is 9.64 Å². The molecule has 1 saturated heterocycles. The molecule has 8 heteroatoms. The molecule has 0 saturated carbocycles. The van der Waals surface area contributed by atoms with E-state index in [4.69, 9.17) is 4.74 Å². The topological polar surface area (TPSA) is 84.0 Å². The Hall–Kier alpha value is -1.80. The summed E-state index contributed by atoms with van der Waals surface area (Å²) in [7, 11) is 1.81. The van der Waals surface area contributed by atoms with Crippen molar-refractivity contribution in [2.45, 2.75) is 39.2 Å². The zero-order chi connectivity index (χ0) is 16.6. The highest BCUT2D eigenvalue weighted by Gasteiger charge is 2.34. The van der Waals surface area contributed by atoms with Crippen LogP contribution in [0.25, 0.3) is 0 Å². The Morgan fingerprint density at radius 2 is 2.17 bits per heavy atom. The van der Waals surface area contributed by atoms with E-state index < -0.39 is 0 Å². The number of aromatic nitrogens is 4. The molecule has 1 aliphatic rings. The Morgan fingerprint density at radius 1 is 1.39 bits per heavy atom. The van der Waals surface area contributed by atoms with Crippen molar-refractivity contribution in [1.29, 1.82) is 0 Å². The van der Waals surface area contributed by atoms with Gasteiger partial charge in [0.1, 0.15) is 16.5 Å². The van der Waals surface area contributed by atoms with Crippen molar-refractivity contribution >= 4 is 17.2 Å². The second kappa shape index (κ2) is 6.37. The minimum absolute atomic E-state index is 0.00361. The normalized spacial score (nSPS) is 20.9. The summed E-state index contributed by atoms with van der Waals surface area (Å²) in [4.78, 5) is 23.8. The fourth-order valence-electron chi connectivity index (χ4n) is 2.93. The monoisotopic (exact) mass is 335 g/mol. The quantitative estimate of drug-likeness (QED) is 0.921. The van der Waals surface area contributed by atoms with E-state index in [2.05, 4.69) is 20.2 Å². The Balaban J connectivity index is 1.70. The number of hydrogen-bond acceptors (Lipinski definition) is 6. The highest BCUT2D eigenvalue weighted by atomic mass is 32.1. The molecule has 0 aromatic carbocycles. The summed E-state index contributed by atoms with van der Waals surface area (Å²) in [6.07, 6.45) is 0.825. The molecule has 1 amide bonds. The number of nitrogens with zero attached hydrogens (tertiary/aromatic N) is 4. The molecule has 0 spiro atoms. The Kier molecular flexibility index (Phi) is 4.45. The van der Waals surface area contributed by atoms with Crippen LogP contribution < -0.4 is 0 Å². The summed E-state index contributed by atoms with van der Waals surface area (Å²) < 4.78 is 5.83. The number of ether oxygens (including phenoxy) is 1. The molecule has 7 nitrogen and oxygen atoms in total. The zero-order valence-electron chi connectivity index (χ0n) is 13.8. The van der Waals surface area contributed by atoms with Gasteiger partial charge in [-0.1, -0.05) is 0 Å². The molecule has 3 rings (SSSR count). The first kappa shape index (κ1) is 16.1. The fraction of sp³-hybridized carbons (Fsp3) is 0.600. The largest absolute Gasteiger partial charge is 0.376 e. The minimum atomic E-state index is -0.0642. The van der Waals surface area contributed by atoms with Crippen LogP contribution in [0.3, 0.4) is 0 Å². The smallest absolute Gasteiger partial charge is 0.265 e. The van der Waals surface area contributed by atoms with Crippen LogP contribution in [-0.2, 0) is 4.74 Å². The molecular weight excluding hydrogens is 314 g/mol. The summed E-state index contributed by atoms with van der Waals surface area (Å²) in [5.41, 5.74) is 0.791. The Labute approximate surface area is 139 Å². The average Bonchev–Trinajstić information content (AvgIpc) is 3.19. The molecule has 124 valence electrons. The Morgan fingerprint density at radius 3 is 2.78 bits per heavy atom. The number of hydrogen-bond donors (Lipinski definition) is 1. The number of carbonyl (C=O) groups excluding carboxylic acids is 1. The maximum Gasteiger partial charge on any atom is 0.265 e. The second-order valence-corrected chi connectivity index (χ2v) is 7.11. The lowest BCUT2D eigenvalue weighted by Gasteiger charge is -2.23. The first-order valence-corrected chi connectivity index (χ1v) is 8.47. The van der Waals surface area contributed by atoms with Crippen LogP contribution in [-0.4, -0.2) is 57.3 Å². The maximum atomic E-state index is 12.6. The van der Waals surface area contributed by atoms with E-state index in [0.717, 1.165) is 28.8 Å². The molecule has 1 N–H and O–H groups in total. The van der Waals surface area contributed by atoms with Gasteiger partial charge in [-0.05, 0) is 27.2 Å². The van der Waals surface area contributed by atoms with E-state index in [1.54, 1.807) is 11.9 Å². The van der Waals surface area contributed by atoms with Crippen LogP contribution >= 0.6 is 11.3 Å². The molecule has 0 aliphatic carbocycles. The summed E-state index contributed by atoms with van der Waals surface area (Å²) in [5, 5.41) is 7.97. The predicted octanol–water partition coefficient (Wildman–Crippen LogP) is 1.83. The number of H-pyrrole nitrogens is 1. The third-order valence-corrected chi connectivity index (χ3v) is 5.13. The van der Waals surface area contributed by atoms with E-state index in [9.17, 15) is 4.79 Å². The summed E-state index contributed by atoms with van der Waals surface area (Å²) in [6, 6.07) is 0. The van der Waals surface area contributed by atoms with Crippen LogP contribution in [0.15, 0.2) is 0 Å². The molecule has 23 heavy (non-hydrogen) atoms. The van der Waals surface area contributed by atoms with Crippen molar-refractivity contribution in [2.75, 3.05) is 20.2 Å². The van der Waals surface area contributed by atoms with Gasteiger partial charge in [0.15, 0.2) is 0 Å². The van der Waals surface area contributed by atoms with Gasteiger partial charge in [0.2, 0.25) is 0 Å². The number of carbonyl (C=O) groups is 1. The molecule has 0 unspecified atom stereocenters. The third kappa shape index (κ3) is 3.28. The Bertz CT molecular complexity index is 711. The number of thiazole rings is 1. The first-order valence-electron chi connectivity index (χ1n) is 7.65. The second-order valence-electron chi connectivity index (χ2n) is 5.91. The van der Waals surface area contributed by atoms with Crippen molar-refractivity contribution < 1.29 is 9.53 Å². The molecule has 1 aliphatic heterocycles. The molecule has 0 radical (unpaired) electrons. The van der Waals surface area contributed by atoms with Gasteiger partial charge >= 0.3 is 0 Å². The lowest BCUT2D eigenvalue weighted by Crippen LogP contribution is -2.36. The van der Waals surface area contributed by atoms with E-state index in [0.29, 0.717) is 18.0 Å². The summed E-state index contributed by atoms with van der Waals surface area (Å²) >= 11 is 1.44. The number of amides is 1. The van der Waals surface area contributed by atoms with E-state index in [1.807, 2.05) is 20.8 Å². The molecule has 0 bridgehead atoms. The van der Waals surface area contributed by atoms with Crippen molar-refractivity contribution in [3.8, 4) is 0 Å². The van der Waals surface area contributed by atoms with Crippen molar-refractivity contribution in [1.82, 2.24) is 25.1 Å². The van der Waals surface area contributed by atoms with E-state index in [1.165, 1.54) is 11.3 Å². The van der Waals surface area contributed by atoms with Gasteiger partial charge in [-0.2, -0.15) is 5.10 Å². The predicted molar refractivity (Wildman–Crippen MR) is 86.8 cm³/mol. The molecule has 1 fully saturated rings. The molecule has 3 heterocycles. The van der Waals surface area contributed by atoms with Gasteiger partial charge in [0, 0.05) is 26.1 Å². The van der Waals surface area contributed by atoms with Crippen molar-refractivity contribution in [3.05, 3.63) is 27.2 Å². The molecular formula is C15H21N5O2S. The lowest BCUT2D eigenvalue weighted by atomic mass is 10.0. The van der Waals surface area contributed by atoms with Crippen LogP contribution in [0.5, 0.6) is 0 Å². The zero-order valence-corrected chi connectivity index (χ0v) is 14.6. The van der Waals surface area contributed by atoms with Crippen molar-refractivity contribution in [3.63, 3.8) is 0 Å². The van der Waals surface area contributed by atoms with Gasteiger partial charge in [-0.25, -0.2) is 9.97 Å². The van der Waals surface area contributed by atoms with E-state index >= 15 is 0 Å². The van der Waals surface area contributed by atoms with Gasteiger partial charge in [0.05, 0.1) is 16.8 Å². The third-order valence-electron chi connectivity index (χ3n) is 4.07. The highest BCUT2D eigenvalue weighted by Crippen LogP contribution is 2.30. The van der Waals surface area contributed by atoms with Gasteiger partial charge in [-0.15, -0.1) is 11.3 Å². The van der Waals surface area contributed by atoms with E-state index in [-0.39, 0.29) is 17.9 Å². The fourth-order valence-corrected chi connectivity index (χ4v) is 3.84. The number of aryl methyl sites for hydroxylation is 3. The number of aromatic amines is 1. The molecule has 2 aromatic rings. The van der Waals surface area contributed by atoms with Crippen LogP contribution in [0, 0.1) is 20.8 Å². The number of rotatable bonds is 4. The number of likely N-dealkylation sites (N-methyl/N-ethyl adjacent to an activating group) is 1. The standard InChI is InChI=1S/C15H21N5O2S/c1-8-13(23-10(3)16-8)15(21)20(4)7-12-11(5-6-22-12)14-17-9(2)18-19-14/h11-12H,5-7H2,1-4H3,(H,17,18,19)/t11-,12-/m0/s1. The number of nitrogens with one attached hydrogen (secondary N) is 1. The van der Waals surface area contributed by atoms with Gasteiger partial charge in [0.25, 0.3) is 5.91 Å². The maximum absolute atomic E-state index is 12.6. The molecule has 2 aromatic heterocycles.